The minimum atomic E-state index is -3.45. The summed E-state index contributed by atoms with van der Waals surface area (Å²) in [4.78, 5) is 24.2. The standard InChI is InChI=1S/C26H25F2NO4/c27-26(28)18-22(14-15-23(30)9-5-4-8-19-6-2-1-3-7-19)29(25(26)33)17-16-20-10-12-21(13-11-20)24(31)32/h1-3,6-7,10-15,22-23,30H,5,9,16-18H2,(H,31,32)/t22-,23-/m0/s1. The maximum Gasteiger partial charge on any atom is 0.335 e. The number of nitrogens with zero attached hydrogens (tertiary/aromatic N) is 1. The molecule has 7 heteroatoms. The van der Waals surface area contributed by atoms with Crippen LogP contribution in [0.4, 0.5) is 8.78 Å². The summed E-state index contributed by atoms with van der Waals surface area (Å²) in [6, 6.07) is 14.7. The molecule has 1 amide bonds. The highest BCUT2D eigenvalue weighted by Crippen LogP contribution is 2.34. The van der Waals surface area contributed by atoms with Crippen LogP contribution in [-0.2, 0) is 11.2 Å². The van der Waals surface area contributed by atoms with Crippen molar-refractivity contribution in [2.45, 2.75) is 43.8 Å². The number of carboxylic acids is 1. The third-order valence-electron chi connectivity index (χ3n) is 5.41. The van der Waals surface area contributed by atoms with Crippen LogP contribution in [-0.4, -0.2) is 51.6 Å². The van der Waals surface area contributed by atoms with Crippen LogP contribution in [0.5, 0.6) is 0 Å². The zero-order valence-corrected chi connectivity index (χ0v) is 18.0. The number of likely N-dealkylation sites (tertiary alicyclic amines) is 1. The number of benzene rings is 2. The molecule has 0 saturated carbocycles. The lowest BCUT2D eigenvalue weighted by Crippen LogP contribution is -2.37. The van der Waals surface area contributed by atoms with Gasteiger partial charge in [0.2, 0.25) is 0 Å². The van der Waals surface area contributed by atoms with Gasteiger partial charge in [0.25, 0.3) is 5.91 Å². The Morgan fingerprint density at radius 3 is 2.55 bits per heavy atom. The average molecular weight is 453 g/mol. The Kier molecular flexibility index (Phi) is 7.96. The van der Waals surface area contributed by atoms with Gasteiger partial charge in [-0.05, 0) is 42.7 Å². The molecule has 0 bridgehead atoms. The molecule has 2 aromatic carbocycles. The number of aromatic carboxylic acids is 1. The molecule has 0 aromatic heterocycles. The first-order valence-corrected chi connectivity index (χ1v) is 10.7. The van der Waals surface area contributed by atoms with Gasteiger partial charge in [0.15, 0.2) is 0 Å². The maximum atomic E-state index is 14.1. The van der Waals surface area contributed by atoms with Gasteiger partial charge in [-0.15, -0.1) is 0 Å². The van der Waals surface area contributed by atoms with Gasteiger partial charge in [-0.2, -0.15) is 8.78 Å². The smallest absolute Gasteiger partial charge is 0.335 e. The molecule has 1 aliphatic heterocycles. The van der Waals surface area contributed by atoms with E-state index < -0.39 is 36.4 Å². The van der Waals surface area contributed by atoms with E-state index in [0.717, 1.165) is 16.0 Å². The Balaban J connectivity index is 1.56. The number of carbonyl (C=O) groups is 2. The van der Waals surface area contributed by atoms with Crippen LogP contribution >= 0.6 is 0 Å². The van der Waals surface area contributed by atoms with Crippen molar-refractivity contribution in [3.8, 4) is 11.8 Å². The molecule has 1 heterocycles. The Hall–Kier alpha value is -3.50. The first-order valence-electron chi connectivity index (χ1n) is 10.7. The van der Waals surface area contributed by atoms with E-state index >= 15 is 0 Å². The number of carboxylic acid groups (broad SMARTS) is 1. The molecule has 2 N–H and O–H groups in total. The number of rotatable bonds is 8. The fourth-order valence-electron chi connectivity index (χ4n) is 3.58. The van der Waals surface area contributed by atoms with E-state index in [2.05, 4.69) is 11.8 Å². The molecule has 5 nitrogen and oxygen atoms in total. The second-order valence-electron chi connectivity index (χ2n) is 7.89. The number of hydrogen-bond donors (Lipinski definition) is 2. The normalized spacial score (nSPS) is 18.2. The lowest BCUT2D eigenvalue weighted by molar-refractivity contribution is -0.148. The SMILES string of the molecule is O=C(O)c1ccc(CCN2C(=O)C(F)(F)C[C@@H]2C=C[C@@H](O)CCC#Cc2ccccc2)cc1. The average Bonchev–Trinajstić information content (AvgIpc) is 3.02. The fourth-order valence-corrected chi connectivity index (χ4v) is 3.58. The minimum absolute atomic E-state index is 0.0640. The van der Waals surface area contributed by atoms with Crippen molar-refractivity contribution in [3.05, 3.63) is 83.4 Å². The van der Waals surface area contributed by atoms with Crippen LogP contribution in [0.25, 0.3) is 0 Å². The predicted octanol–water partition coefficient (Wildman–Crippen LogP) is 3.91. The van der Waals surface area contributed by atoms with Crippen LogP contribution in [0.3, 0.4) is 0 Å². The second kappa shape index (κ2) is 10.9. The molecule has 1 fully saturated rings. The molecular weight excluding hydrogens is 428 g/mol. The van der Waals surface area contributed by atoms with Crippen molar-refractivity contribution in [2.75, 3.05) is 6.54 Å². The molecule has 2 atom stereocenters. The third kappa shape index (κ3) is 6.74. The molecule has 0 aliphatic carbocycles. The van der Waals surface area contributed by atoms with E-state index in [0.29, 0.717) is 19.3 Å². The molecule has 3 rings (SSSR count). The van der Waals surface area contributed by atoms with E-state index in [1.54, 1.807) is 12.1 Å². The van der Waals surface area contributed by atoms with Gasteiger partial charge in [0, 0.05) is 24.9 Å². The number of hydrogen-bond acceptors (Lipinski definition) is 3. The number of aliphatic hydroxyl groups is 1. The zero-order chi connectivity index (χ0) is 23.8. The summed E-state index contributed by atoms with van der Waals surface area (Å²) in [6.45, 7) is 0.0640. The van der Waals surface area contributed by atoms with Gasteiger partial charge in [-0.1, -0.05) is 54.3 Å². The monoisotopic (exact) mass is 453 g/mol. The summed E-state index contributed by atoms with van der Waals surface area (Å²) < 4.78 is 28.1. The number of aliphatic hydroxyl groups excluding tert-OH is 1. The van der Waals surface area contributed by atoms with E-state index in [1.165, 1.54) is 24.3 Å². The van der Waals surface area contributed by atoms with Crippen molar-refractivity contribution in [3.63, 3.8) is 0 Å². The van der Waals surface area contributed by atoms with Crippen molar-refractivity contribution in [1.29, 1.82) is 0 Å². The van der Waals surface area contributed by atoms with Gasteiger partial charge in [0.1, 0.15) is 0 Å². The molecule has 0 spiro atoms. The van der Waals surface area contributed by atoms with E-state index in [4.69, 9.17) is 5.11 Å². The quantitative estimate of drug-likeness (QED) is 0.469. The molecule has 0 radical (unpaired) electrons. The lowest BCUT2D eigenvalue weighted by Gasteiger charge is -2.22. The third-order valence-corrected chi connectivity index (χ3v) is 5.41. The summed E-state index contributed by atoms with van der Waals surface area (Å²) >= 11 is 0. The number of alkyl halides is 2. The Labute approximate surface area is 191 Å². The highest BCUT2D eigenvalue weighted by atomic mass is 19.3. The van der Waals surface area contributed by atoms with Crippen LogP contribution in [0.15, 0.2) is 66.7 Å². The highest BCUT2D eigenvalue weighted by molar-refractivity contribution is 5.87. The zero-order valence-electron chi connectivity index (χ0n) is 18.0. The second-order valence-corrected chi connectivity index (χ2v) is 7.89. The van der Waals surface area contributed by atoms with Crippen LogP contribution in [0.1, 0.15) is 40.7 Å². The molecule has 1 aliphatic rings. The predicted molar refractivity (Wildman–Crippen MR) is 120 cm³/mol. The van der Waals surface area contributed by atoms with Gasteiger partial charge in [0.05, 0.1) is 17.7 Å². The molecule has 0 unspecified atom stereocenters. The van der Waals surface area contributed by atoms with Crippen molar-refractivity contribution in [2.24, 2.45) is 0 Å². The lowest BCUT2D eigenvalue weighted by atomic mass is 10.1. The Bertz CT molecular complexity index is 1060. The van der Waals surface area contributed by atoms with E-state index in [9.17, 15) is 23.5 Å². The Morgan fingerprint density at radius 2 is 1.88 bits per heavy atom. The molecular formula is C26H25F2NO4. The first-order chi connectivity index (χ1) is 15.8. The van der Waals surface area contributed by atoms with Crippen molar-refractivity contribution in [1.82, 2.24) is 4.90 Å². The van der Waals surface area contributed by atoms with Crippen molar-refractivity contribution < 1.29 is 28.6 Å². The number of amides is 1. The van der Waals surface area contributed by atoms with Gasteiger partial charge in [-0.25, -0.2) is 4.79 Å². The van der Waals surface area contributed by atoms with E-state index in [-0.39, 0.29) is 12.1 Å². The molecule has 1 saturated heterocycles. The largest absolute Gasteiger partial charge is 0.478 e. The summed E-state index contributed by atoms with van der Waals surface area (Å²) in [5.41, 5.74) is 1.75. The summed E-state index contributed by atoms with van der Waals surface area (Å²) in [5.74, 6) is 0.232. The van der Waals surface area contributed by atoms with Gasteiger partial charge < -0.3 is 15.1 Å². The highest BCUT2D eigenvalue weighted by Gasteiger charge is 2.52. The molecule has 33 heavy (non-hydrogen) atoms. The van der Waals surface area contributed by atoms with Gasteiger partial charge in [-0.3, -0.25) is 4.79 Å². The Morgan fingerprint density at radius 1 is 1.18 bits per heavy atom. The van der Waals surface area contributed by atoms with Gasteiger partial charge >= 0.3 is 11.9 Å². The summed E-state index contributed by atoms with van der Waals surface area (Å²) in [7, 11) is 0. The topological polar surface area (TPSA) is 77.8 Å². The first kappa shape index (κ1) is 24.1. The van der Waals surface area contributed by atoms with Crippen molar-refractivity contribution >= 4 is 11.9 Å². The molecule has 172 valence electrons. The summed E-state index contributed by atoms with van der Waals surface area (Å²) in [5, 5.41) is 19.1. The maximum absolute atomic E-state index is 14.1. The fraction of sp³-hybridized carbons (Fsp3) is 0.308. The van der Waals surface area contributed by atoms with Crippen LogP contribution in [0.2, 0.25) is 0 Å². The number of carbonyl (C=O) groups excluding carboxylic acids is 1. The summed E-state index contributed by atoms with van der Waals surface area (Å²) in [6.07, 6.45) is 2.51. The minimum Gasteiger partial charge on any atom is -0.478 e. The number of halogens is 2. The molecule has 2 aromatic rings. The van der Waals surface area contributed by atoms with Crippen LogP contribution in [0, 0.1) is 11.8 Å². The van der Waals surface area contributed by atoms with E-state index in [1.807, 2.05) is 30.3 Å². The van der Waals surface area contributed by atoms with Crippen LogP contribution < -0.4 is 0 Å².